The number of halogens is 4. The molecule has 4 rings (SSSR count). The Morgan fingerprint density at radius 2 is 1.74 bits per heavy atom. The lowest BCUT2D eigenvalue weighted by atomic mass is 10.2. The van der Waals surface area contributed by atoms with E-state index >= 15 is 0 Å². The van der Waals surface area contributed by atoms with Crippen LogP contribution in [0.2, 0.25) is 5.02 Å². The van der Waals surface area contributed by atoms with E-state index < -0.39 is 43.6 Å². The maximum Gasteiger partial charge on any atom is 0.416 e. The molecule has 2 aromatic carbocycles. The molecule has 0 spiro atoms. The molecule has 2 heterocycles. The van der Waals surface area contributed by atoms with Crippen LogP contribution in [0, 0.1) is 0 Å². The van der Waals surface area contributed by atoms with Gasteiger partial charge in [-0.2, -0.15) is 13.2 Å². The van der Waals surface area contributed by atoms with Crippen molar-refractivity contribution >= 4 is 44.6 Å². The molecule has 0 aliphatic rings. The van der Waals surface area contributed by atoms with Gasteiger partial charge in [0, 0.05) is 18.3 Å². The van der Waals surface area contributed by atoms with Crippen LogP contribution in [0.1, 0.15) is 16.1 Å². The Bertz CT molecular complexity index is 1570. The lowest BCUT2D eigenvalue weighted by Gasteiger charge is -2.12. The molecule has 15 heteroatoms. The number of anilines is 1. The number of sulfonamides is 1. The zero-order valence-electron chi connectivity index (χ0n) is 17.0. The maximum atomic E-state index is 13.0. The summed E-state index contributed by atoms with van der Waals surface area (Å²) in [4.78, 5) is 17.9. The van der Waals surface area contributed by atoms with Crippen LogP contribution in [0.25, 0.3) is 11.0 Å². The highest BCUT2D eigenvalue weighted by Gasteiger charge is 2.33. The second kappa shape index (κ2) is 8.96. The van der Waals surface area contributed by atoms with E-state index in [4.69, 9.17) is 21.4 Å². The number of carboxylic acid groups (broad SMARTS) is 1. The quantitative estimate of drug-likeness (QED) is 0.374. The van der Waals surface area contributed by atoms with E-state index in [0.717, 1.165) is 6.07 Å². The number of nitrogens with one attached hydrogen (secondary N) is 1. The Labute approximate surface area is 199 Å². The van der Waals surface area contributed by atoms with Gasteiger partial charge in [0.15, 0.2) is 5.69 Å². The molecule has 0 aliphatic heterocycles. The van der Waals surface area contributed by atoms with Crippen molar-refractivity contribution in [2.45, 2.75) is 11.1 Å². The van der Waals surface area contributed by atoms with Crippen molar-refractivity contribution in [3.8, 4) is 11.5 Å². The van der Waals surface area contributed by atoms with Crippen molar-refractivity contribution in [3.63, 3.8) is 0 Å². The number of hydrogen-bond acceptors (Lipinski definition) is 8. The van der Waals surface area contributed by atoms with Gasteiger partial charge in [0.1, 0.15) is 21.9 Å². The zero-order valence-corrected chi connectivity index (χ0v) is 18.6. The van der Waals surface area contributed by atoms with Crippen LogP contribution in [-0.4, -0.2) is 39.7 Å². The first-order valence-electron chi connectivity index (χ1n) is 9.34. The number of nitrogens with zero attached hydrogens (tertiary/aromatic N) is 4. The molecule has 0 bridgehead atoms. The summed E-state index contributed by atoms with van der Waals surface area (Å²) in [7, 11) is -4.58. The Hall–Kier alpha value is -4.04. The van der Waals surface area contributed by atoms with Gasteiger partial charge < -0.3 is 9.84 Å². The summed E-state index contributed by atoms with van der Waals surface area (Å²) in [6.45, 7) is 0. The summed E-state index contributed by atoms with van der Waals surface area (Å²) in [6.07, 6.45) is -3.52. The number of carboxylic acids is 1. The molecule has 0 fully saturated rings. The number of hydrogen-bond donors (Lipinski definition) is 2. The van der Waals surface area contributed by atoms with Crippen LogP contribution in [0.15, 0.2) is 59.6 Å². The van der Waals surface area contributed by atoms with Crippen LogP contribution in [0.4, 0.5) is 19.1 Å². The first kappa shape index (κ1) is 24.1. The van der Waals surface area contributed by atoms with Crippen molar-refractivity contribution in [1.29, 1.82) is 0 Å². The Kier molecular flexibility index (Phi) is 6.17. The summed E-state index contributed by atoms with van der Waals surface area (Å²) in [6, 6.07) is 8.83. The highest BCUT2D eigenvalue weighted by atomic mass is 35.5. The normalized spacial score (nSPS) is 11.9. The van der Waals surface area contributed by atoms with Crippen LogP contribution in [0.3, 0.4) is 0 Å². The molecule has 0 amide bonds. The molecule has 4 aromatic rings. The second-order valence-corrected chi connectivity index (χ2v) is 8.88. The highest BCUT2D eigenvalue weighted by Crippen LogP contribution is 2.34. The van der Waals surface area contributed by atoms with Gasteiger partial charge in [-0.25, -0.2) is 27.9 Å². The predicted octanol–water partition coefficient (Wildman–Crippen LogP) is 4.38. The number of ether oxygens (including phenoxy) is 1. The van der Waals surface area contributed by atoms with E-state index in [0.29, 0.717) is 12.1 Å². The van der Waals surface area contributed by atoms with E-state index in [2.05, 4.69) is 20.2 Å². The highest BCUT2D eigenvalue weighted by molar-refractivity contribution is 7.92. The molecule has 0 radical (unpaired) electrons. The van der Waals surface area contributed by atoms with E-state index in [-0.39, 0.29) is 28.2 Å². The third-order valence-electron chi connectivity index (χ3n) is 4.39. The second-order valence-electron chi connectivity index (χ2n) is 6.82. The van der Waals surface area contributed by atoms with Gasteiger partial charge in [0.2, 0.25) is 0 Å². The smallest absolute Gasteiger partial charge is 0.416 e. The summed E-state index contributed by atoms with van der Waals surface area (Å²) in [5.74, 6) is -1.29. The molecule has 180 valence electrons. The van der Waals surface area contributed by atoms with Crippen molar-refractivity contribution in [1.82, 2.24) is 20.2 Å². The minimum Gasteiger partial charge on any atom is -0.477 e. The molecule has 0 atom stereocenters. The molecular weight excluding hydrogens is 515 g/mol. The average Bonchev–Trinajstić information content (AvgIpc) is 2.78. The molecule has 0 saturated heterocycles. The number of fused-ring (bicyclic) bond motifs is 1. The fourth-order valence-corrected chi connectivity index (χ4v) is 4.28. The van der Waals surface area contributed by atoms with Crippen molar-refractivity contribution in [2.75, 3.05) is 4.72 Å². The maximum absolute atomic E-state index is 13.0. The van der Waals surface area contributed by atoms with E-state index in [1.807, 2.05) is 4.72 Å². The lowest BCUT2D eigenvalue weighted by molar-refractivity contribution is -0.137. The molecule has 2 N–H and O–H groups in total. The summed E-state index contributed by atoms with van der Waals surface area (Å²) in [5.41, 5.74) is -1.05. The molecule has 10 nitrogen and oxygen atoms in total. The lowest BCUT2D eigenvalue weighted by Crippen LogP contribution is -2.17. The van der Waals surface area contributed by atoms with Crippen molar-refractivity contribution < 1.29 is 36.2 Å². The standard InChI is InChI=1S/C20H11ClF3N5O5S/c21-13-3-1-10(20(22,23)24)7-17(13)35(32,33)29-19-26-14-4-2-11(8-15(14)27-28-19)34-12-5-6-25-16(9-12)18(30)31/h1-9H,(H,30,31)(H,26,28,29). The van der Waals surface area contributed by atoms with E-state index in [1.54, 1.807) is 0 Å². The monoisotopic (exact) mass is 525 g/mol. The van der Waals surface area contributed by atoms with Gasteiger partial charge in [-0.1, -0.05) is 11.6 Å². The number of benzene rings is 2. The zero-order chi connectivity index (χ0) is 25.4. The summed E-state index contributed by atoms with van der Waals surface area (Å²) < 4.78 is 71.8. The van der Waals surface area contributed by atoms with Crippen LogP contribution in [-0.2, 0) is 16.2 Å². The van der Waals surface area contributed by atoms with Crippen LogP contribution in [0.5, 0.6) is 11.5 Å². The number of carbonyl (C=O) groups is 1. The number of aromatic carboxylic acids is 1. The third-order valence-corrected chi connectivity index (χ3v) is 6.20. The largest absolute Gasteiger partial charge is 0.477 e. The minimum atomic E-state index is -4.78. The Morgan fingerprint density at radius 1 is 1.00 bits per heavy atom. The van der Waals surface area contributed by atoms with Gasteiger partial charge >= 0.3 is 12.1 Å². The number of rotatable bonds is 6. The topological polar surface area (TPSA) is 144 Å². The van der Waals surface area contributed by atoms with Crippen molar-refractivity contribution in [2.24, 2.45) is 0 Å². The molecule has 0 saturated carbocycles. The minimum absolute atomic E-state index is 0.182. The number of pyridine rings is 1. The number of aromatic nitrogens is 4. The van der Waals surface area contributed by atoms with Gasteiger partial charge in [0.05, 0.1) is 16.1 Å². The Morgan fingerprint density at radius 3 is 2.46 bits per heavy atom. The Balaban J connectivity index is 1.59. The SMILES string of the molecule is O=C(O)c1cc(Oc2ccc3nc(NS(=O)(=O)c4cc(C(F)(F)F)ccc4Cl)nnc3c2)ccn1. The van der Waals surface area contributed by atoms with Gasteiger partial charge in [-0.15, -0.1) is 10.2 Å². The van der Waals surface area contributed by atoms with Crippen molar-refractivity contribution in [3.05, 3.63) is 71.0 Å². The summed E-state index contributed by atoms with van der Waals surface area (Å²) >= 11 is 5.81. The van der Waals surface area contributed by atoms with Gasteiger partial charge in [-0.3, -0.25) is 0 Å². The molecule has 2 aromatic heterocycles. The van der Waals surface area contributed by atoms with Gasteiger partial charge in [0.25, 0.3) is 16.0 Å². The first-order valence-corrected chi connectivity index (χ1v) is 11.2. The van der Waals surface area contributed by atoms with Gasteiger partial charge in [-0.05, 0) is 36.4 Å². The molecule has 35 heavy (non-hydrogen) atoms. The van der Waals surface area contributed by atoms with E-state index in [9.17, 15) is 26.4 Å². The molecular formula is C20H11ClF3N5O5S. The number of alkyl halides is 3. The third kappa shape index (κ3) is 5.38. The average molecular weight is 526 g/mol. The first-order chi connectivity index (χ1) is 16.4. The molecule has 0 unspecified atom stereocenters. The predicted molar refractivity (Wildman–Crippen MR) is 116 cm³/mol. The fourth-order valence-electron chi connectivity index (χ4n) is 2.81. The fraction of sp³-hybridized carbons (Fsp3) is 0.0500. The summed E-state index contributed by atoms with van der Waals surface area (Å²) in [5, 5.41) is 16.1. The van der Waals surface area contributed by atoms with E-state index in [1.165, 1.54) is 36.5 Å². The van der Waals surface area contributed by atoms with Crippen LogP contribution >= 0.6 is 11.6 Å². The molecule has 0 aliphatic carbocycles. The van der Waals surface area contributed by atoms with Crippen LogP contribution < -0.4 is 9.46 Å².